The summed E-state index contributed by atoms with van der Waals surface area (Å²) in [7, 11) is 3.55. The molecule has 1 aromatic carbocycles. The van der Waals surface area contributed by atoms with Crippen molar-refractivity contribution >= 4 is 11.8 Å². The number of nitrogens with one attached hydrogen (secondary N) is 1. The van der Waals surface area contributed by atoms with Gasteiger partial charge in [-0.25, -0.2) is 0 Å². The minimum atomic E-state index is -0.292. The second-order valence-electron chi connectivity index (χ2n) is 4.61. The first-order valence-electron chi connectivity index (χ1n) is 6.03. The zero-order valence-electron chi connectivity index (χ0n) is 11.1. The highest BCUT2D eigenvalue weighted by Crippen LogP contribution is 2.36. The summed E-state index contributed by atoms with van der Waals surface area (Å²) in [6.07, 6.45) is 0. The van der Waals surface area contributed by atoms with Crippen LogP contribution in [0.5, 0.6) is 11.5 Å². The minimum absolute atomic E-state index is 0.177. The number of nitrogen functional groups attached to an aromatic ring is 1. The second kappa shape index (κ2) is 4.44. The molecule has 0 bridgehead atoms. The Morgan fingerprint density at radius 3 is 2.75 bits per heavy atom. The van der Waals surface area contributed by atoms with Crippen LogP contribution in [0, 0.1) is 0 Å². The maximum Gasteiger partial charge on any atom is 0.262 e. The van der Waals surface area contributed by atoms with Crippen LogP contribution in [0.15, 0.2) is 23.0 Å². The number of rotatable bonds is 2. The van der Waals surface area contributed by atoms with Crippen molar-refractivity contribution in [2.45, 2.75) is 0 Å². The normalized spacial score (nSPS) is 12.5. The lowest BCUT2D eigenvalue weighted by Crippen LogP contribution is -2.21. The average molecular weight is 274 g/mol. The second-order valence-corrected chi connectivity index (χ2v) is 4.61. The van der Waals surface area contributed by atoms with Gasteiger partial charge in [0.15, 0.2) is 11.5 Å². The molecule has 20 heavy (non-hydrogen) atoms. The van der Waals surface area contributed by atoms with Crippen molar-refractivity contribution in [1.82, 2.24) is 9.97 Å². The van der Waals surface area contributed by atoms with E-state index in [4.69, 9.17) is 15.2 Å². The SMILES string of the molecule is CN(C)c1nc(N)c(-c2ccc3c(c2)OCO3)c(=O)[nH]1. The number of ether oxygens (including phenoxy) is 2. The van der Waals surface area contributed by atoms with Crippen LogP contribution < -0.4 is 25.7 Å². The van der Waals surface area contributed by atoms with E-state index in [1.807, 2.05) is 0 Å². The highest BCUT2D eigenvalue weighted by molar-refractivity contribution is 5.75. The predicted octanol–water partition coefficient (Wildman–Crippen LogP) is 0.814. The van der Waals surface area contributed by atoms with E-state index >= 15 is 0 Å². The van der Waals surface area contributed by atoms with Gasteiger partial charge in [-0.1, -0.05) is 6.07 Å². The first-order valence-corrected chi connectivity index (χ1v) is 6.03. The molecule has 3 N–H and O–H groups in total. The smallest absolute Gasteiger partial charge is 0.262 e. The van der Waals surface area contributed by atoms with Crippen LogP contribution in [0.1, 0.15) is 0 Å². The standard InChI is InChI=1S/C13H14N4O3/c1-17(2)13-15-11(14)10(12(18)16-13)7-3-4-8-9(5-7)20-6-19-8/h3-5H,6H2,1-2H3,(H3,14,15,16,18). The Bertz CT molecular complexity index is 724. The number of nitrogens with zero attached hydrogens (tertiary/aromatic N) is 2. The molecule has 1 aliphatic rings. The molecule has 1 aliphatic heterocycles. The zero-order chi connectivity index (χ0) is 14.3. The number of anilines is 2. The number of aromatic nitrogens is 2. The number of benzene rings is 1. The Balaban J connectivity index is 2.13. The van der Waals surface area contributed by atoms with Crippen molar-refractivity contribution in [2.75, 3.05) is 31.5 Å². The summed E-state index contributed by atoms with van der Waals surface area (Å²) in [5, 5.41) is 0. The quantitative estimate of drug-likeness (QED) is 0.842. The average Bonchev–Trinajstić information content (AvgIpc) is 2.85. The van der Waals surface area contributed by atoms with Gasteiger partial charge in [-0.05, 0) is 17.7 Å². The van der Waals surface area contributed by atoms with Gasteiger partial charge >= 0.3 is 0 Å². The number of H-pyrrole nitrogens is 1. The molecule has 7 heteroatoms. The van der Waals surface area contributed by atoms with Crippen LogP contribution >= 0.6 is 0 Å². The van der Waals surface area contributed by atoms with Gasteiger partial charge in [-0.15, -0.1) is 0 Å². The van der Waals surface area contributed by atoms with Gasteiger partial charge in [-0.3, -0.25) is 9.78 Å². The molecule has 0 fully saturated rings. The summed E-state index contributed by atoms with van der Waals surface area (Å²) >= 11 is 0. The molecule has 0 unspecified atom stereocenters. The summed E-state index contributed by atoms with van der Waals surface area (Å²) in [6.45, 7) is 0.183. The highest BCUT2D eigenvalue weighted by Gasteiger charge is 2.17. The lowest BCUT2D eigenvalue weighted by atomic mass is 10.1. The van der Waals surface area contributed by atoms with E-state index in [2.05, 4.69) is 9.97 Å². The molecule has 0 saturated heterocycles. The Morgan fingerprint density at radius 2 is 2.05 bits per heavy atom. The number of hydrogen-bond acceptors (Lipinski definition) is 6. The monoisotopic (exact) mass is 274 g/mol. The van der Waals surface area contributed by atoms with Crippen molar-refractivity contribution in [2.24, 2.45) is 0 Å². The lowest BCUT2D eigenvalue weighted by Gasteiger charge is -2.13. The van der Waals surface area contributed by atoms with Crippen LogP contribution in [-0.2, 0) is 0 Å². The van der Waals surface area contributed by atoms with Gasteiger partial charge in [0.05, 0.1) is 5.56 Å². The van der Waals surface area contributed by atoms with E-state index in [1.54, 1.807) is 37.2 Å². The van der Waals surface area contributed by atoms with E-state index in [-0.39, 0.29) is 18.2 Å². The summed E-state index contributed by atoms with van der Waals surface area (Å²) < 4.78 is 10.5. The van der Waals surface area contributed by atoms with Gasteiger partial charge in [0, 0.05) is 14.1 Å². The number of fused-ring (bicyclic) bond motifs is 1. The van der Waals surface area contributed by atoms with Crippen molar-refractivity contribution < 1.29 is 9.47 Å². The van der Waals surface area contributed by atoms with Crippen LogP contribution in [0.2, 0.25) is 0 Å². The summed E-state index contributed by atoms with van der Waals surface area (Å²) in [6, 6.07) is 5.22. The molecule has 0 radical (unpaired) electrons. The summed E-state index contributed by atoms with van der Waals surface area (Å²) in [5.41, 5.74) is 6.59. The van der Waals surface area contributed by atoms with E-state index in [0.29, 0.717) is 28.6 Å². The Kier molecular flexibility index (Phi) is 2.74. The largest absolute Gasteiger partial charge is 0.454 e. The van der Waals surface area contributed by atoms with Gasteiger partial charge < -0.3 is 20.1 Å². The third-order valence-electron chi connectivity index (χ3n) is 3.02. The molecule has 104 valence electrons. The fourth-order valence-electron chi connectivity index (χ4n) is 2.02. The molecule has 0 amide bonds. The minimum Gasteiger partial charge on any atom is -0.454 e. The Labute approximate surface area is 115 Å². The highest BCUT2D eigenvalue weighted by atomic mass is 16.7. The summed E-state index contributed by atoms with van der Waals surface area (Å²) in [4.78, 5) is 20.7. The van der Waals surface area contributed by atoms with Crippen LogP contribution in [0.25, 0.3) is 11.1 Å². The lowest BCUT2D eigenvalue weighted by molar-refractivity contribution is 0.174. The van der Waals surface area contributed by atoms with E-state index < -0.39 is 0 Å². The predicted molar refractivity (Wildman–Crippen MR) is 75.2 cm³/mol. The first-order chi connectivity index (χ1) is 9.56. The molecule has 0 spiro atoms. The molecule has 3 rings (SSSR count). The van der Waals surface area contributed by atoms with Crippen molar-refractivity contribution in [1.29, 1.82) is 0 Å². The van der Waals surface area contributed by atoms with Gasteiger partial charge in [0.1, 0.15) is 5.82 Å². The fraction of sp³-hybridized carbons (Fsp3) is 0.231. The van der Waals surface area contributed by atoms with Crippen LogP contribution in [-0.4, -0.2) is 30.9 Å². The first kappa shape index (κ1) is 12.3. The van der Waals surface area contributed by atoms with Crippen molar-refractivity contribution in [3.63, 3.8) is 0 Å². The zero-order valence-corrected chi connectivity index (χ0v) is 11.1. The molecule has 7 nitrogen and oxygen atoms in total. The molecule has 0 atom stereocenters. The maximum absolute atomic E-state index is 12.2. The van der Waals surface area contributed by atoms with E-state index in [9.17, 15) is 4.79 Å². The van der Waals surface area contributed by atoms with Gasteiger partial charge in [0.2, 0.25) is 12.7 Å². The maximum atomic E-state index is 12.2. The third-order valence-corrected chi connectivity index (χ3v) is 3.02. The summed E-state index contributed by atoms with van der Waals surface area (Å²) in [5.74, 6) is 1.84. The molecule has 2 aromatic rings. The fourth-order valence-corrected chi connectivity index (χ4v) is 2.02. The van der Waals surface area contributed by atoms with Gasteiger partial charge in [-0.2, -0.15) is 4.98 Å². The van der Waals surface area contributed by atoms with Gasteiger partial charge in [0.25, 0.3) is 5.56 Å². The van der Waals surface area contributed by atoms with Crippen molar-refractivity contribution in [3.8, 4) is 22.6 Å². The molecule has 0 saturated carbocycles. The third kappa shape index (κ3) is 1.93. The molecule has 1 aromatic heterocycles. The van der Waals surface area contributed by atoms with Crippen molar-refractivity contribution in [3.05, 3.63) is 28.6 Å². The molecular formula is C13H14N4O3. The number of nitrogens with two attached hydrogens (primary N) is 1. The molecular weight excluding hydrogens is 260 g/mol. The topological polar surface area (TPSA) is 93.5 Å². The Hall–Kier alpha value is -2.70. The molecule has 2 heterocycles. The van der Waals surface area contributed by atoms with E-state index in [1.165, 1.54) is 0 Å². The number of aromatic amines is 1. The Morgan fingerprint density at radius 1 is 1.30 bits per heavy atom. The number of hydrogen-bond donors (Lipinski definition) is 2. The molecule has 0 aliphatic carbocycles. The van der Waals surface area contributed by atoms with Crippen LogP contribution in [0.4, 0.5) is 11.8 Å². The van der Waals surface area contributed by atoms with Crippen LogP contribution in [0.3, 0.4) is 0 Å². The van der Waals surface area contributed by atoms with E-state index in [0.717, 1.165) is 0 Å².